The molecule has 3 aromatic rings. The van der Waals surface area contributed by atoms with Crippen LogP contribution in [0.3, 0.4) is 0 Å². The molecule has 1 fully saturated rings. The van der Waals surface area contributed by atoms with Gasteiger partial charge in [-0.2, -0.15) is 0 Å². The molecule has 0 unspecified atom stereocenters. The Kier molecular flexibility index (Phi) is 6.64. The van der Waals surface area contributed by atoms with Crippen molar-refractivity contribution < 1.29 is 54.0 Å². The van der Waals surface area contributed by atoms with E-state index in [1.807, 2.05) is 0 Å². The number of benzene rings is 2. The van der Waals surface area contributed by atoms with E-state index in [-0.39, 0.29) is 40.1 Å². The minimum atomic E-state index is -1.66. The Morgan fingerprint density at radius 2 is 1.62 bits per heavy atom. The molecule has 0 saturated carbocycles. The van der Waals surface area contributed by atoms with Gasteiger partial charge >= 0.3 is 11.3 Å². The molecule has 11 nitrogen and oxygen atoms in total. The Hall–Kier alpha value is -3.35. The van der Waals surface area contributed by atoms with Crippen molar-refractivity contribution in [1.82, 2.24) is 0 Å². The fourth-order valence-corrected chi connectivity index (χ4v) is 3.74. The summed E-state index contributed by atoms with van der Waals surface area (Å²) in [6.45, 7) is -0.623. The van der Waals surface area contributed by atoms with E-state index in [1.165, 1.54) is 50.6 Å². The van der Waals surface area contributed by atoms with Gasteiger partial charge in [0.1, 0.15) is 41.3 Å². The normalized spacial score (nSPS) is 24.7. The summed E-state index contributed by atoms with van der Waals surface area (Å²) in [5.41, 5.74) is 0.637. The molecule has 182 valence electrons. The van der Waals surface area contributed by atoms with E-state index < -0.39 is 37.3 Å². The monoisotopic (exact) mass is 477 g/mol. The average Bonchev–Trinajstić information content (AvgIpc) is 2.83. The summed E-state index contributed by atoms with van der Waals surface area (Å²) in [5, 5.41) is 60.5. The van der Waals surface area contributed by atoms with Crippen molar-refractivity contribution in [3.63, 3.8) is 0 Å². The van der Waals surface area contributed by atoms with E-state index in [2.05, 4.69) is 0 Å². The highest BCUT2D eigenvalue weighted by Crippen LogP contribution is 2.42. The first kappa shape index (κ1) is 23.8. The Balaban J connectivity index is 1.86. The second kappa shape index (κ2) is 9.49. The molecule has 11 heteroatoms. The number of aliphatic hydroxyl groups is 4. The van der Waals surface area contributed by atoms with Crippen molar-refractivity contribution in [2.24, 2.45) is 0 Å². The molecule has 0 radical (unpaired) electrons. The van der Waals surface area contributed by atoms with E-state index in [9.17, 15) is 30.6 Å². The number of phenolic OH excluding ortho intramolecular Hbond substituents is 2. The summed E-state index contributed by atoms with van der Waals surface area (Å²) in [5.74, 6) is 0.351. The maximum Gasteiger partial charge on any atom is 0.402 e. The van der Waals surface area contributed by atoms with Gasteiger partial charge in [-0.1, -0.05) is 0 Å². The third kappa shape index (κ3) is 4.27. The highest BCUT2D eigenvalue weighted by molar-refractivity contribution is 5.89. The molecule has 0 aliphatic carbocycles. The maximum absolute atomic E-state index is 10.4. The predicted molar refractivity (Wildman–Crippen MR) is 117 cm³/mol. The molecule has 2 aromatic carbocycles. The largest absolute Gasteiger partial charge is 0.507 e. The first-order valence-corrected chi connectivity index (χ1v) is 10.3. The van der Waals surface area contributed by atoms with Crippen LogP contribution in [0.15, 0.2) is 40.8 Å². The first-order valence-electron chi connectivity index (χ1n) is 10.3. The van der Waals surface area contributed by atoms with Gasteiger partial charge in [-0.25, -0.2) is 4.42 Å². The number of aliphatic hydroxyl groups excluding tert-OH is 4. The summed E-state index contributed by atoms with van der Waals surface area (Å²) in [6.07, 6.45) is -7.51. The van der Waals surface area contributed by atoms with E-state index in [0.717, 1.165) is 0 Å². The highest BCUT2D eigenvalue weighted by Gasteiger charge is 2.45. The minimum absolute atomic E-state index is 0.0357. The van der Waals surface area contributed by atoms with Crippen LogP contribution in [0.5, 0.6) is 28.7 Å². The lowest BCUT2D eigenvalue weighted by molar-refractivity contribution is -0.277. The number of phenols is 2. The number of hydrogen-bond acceptors (Lipinski definition) is 10. The van der Waals surface area contributed by atoms with Crippen LogP contribution in [-0.2, 0) is 4.74 Å². The molecule has 34 heavy (non-hydrogen) atoms. The standard InChI is InChI=1S/C23H24O11/c1-30-14-6-11(25)7-15-12(14)8-17(22(32-15)10-3-4-13(26)16(5-10)31-2)33-23-21(29)20(28)19(27)18(9-24)34-23/h3-8,18-21,23-24,27-29H,9H2,1-2H3,(H-,25,26)/p+1/t18-,19+,20+,21-,23-/m1/s1. The maximum atomic E-state index is 10.4. The topological polar surface area (TPSA) is 170 Å². The molecule has 0 spiro atoms. The molecular weight excluding hydrogens is 452 g/mol. The molecule has 1 aromatic heterocycles. The van der Waals surface area contributed by atoms with Crippen LogP contribution in [0, 0.1) is 0 Å². The summed E-state index contributed by atoms with van der Waals surface area (Å²) < 4.78 is 27.9. The number of aromatic hydroxyl groups is 2. The van der Waals surface area contributed by atoms with Gasteiger partial charge in [-0.15, -0.1) is 0 Å². The fraction of sp³-hybridized carbons (Fsp3) is 0.348. The smallest absolute Gasteiger partial charge is 0.402 e. The summed E-state index contributed by atoms with van der Waals surface area (Å²) in [4.78, 5) is 0. The zero-order valence-corrected chi connectivity index (χ0v) is 18.3. The Bertz CT molecular complexity index is 1180. The van der Waals surface area contributed by atoms with Gasteiger partial charge in [0.25, 0.3) is 0 Å². The average molecular weight is 477 g/mol. The lowest BCUT2D eigenvalue weighted by Crippen LogP contribution is -2.60. The van der Waals surface area contributed by atoms with Crippen LogP contribution >= 0.6 is 0 Å². The SMILES string of the molecule is COc1cc(-c2[o+]c3cc(O)cc(OC)c3cc2O[C@@H]2O[C@H](CO)[C@H](O)[C@H](O)[C@H]2O)ccc1O. The lowest BCUT2D eigenvalue weighted by Gasteiger charge is -2.39. The predicted octanol–water partition coefficient (Wildman–Crippen LogP) is 0.988. The highest BCUT2D eigenvalue weighted by atomic mass is 16.7. The van der Waals surface area contributed by atoms with Gasteiger partial charge < -0.3 is 49.6 Å². The number of fused-ring (bicyclic) bond motifs is 1. The number of rotatable bonds is 6. The van der Waals surface area contributed by atoms with Crippen LogP contribution in [-0.4, -0.2) is 82.2 Å². The van der Waals surface area contributed by atoms with Gasteiger partial charge in [0.15, 0.2) is 11.5 Å². The molecule has 2 heterocycles. The summed E-state index contributed by atoms with van der Waals surface area (Å²) in [6, 6.07) is 8.67. The van der Waals surface area contributed by atoms with Gasteiger partial charge in [0.2, 0.25) is 12.0 Å². The zero-order chi connectivity index (χ0) is 24.6. The van der Waals surface area contributed by atoms with Crippen molar-refractivity contribution in [1.29, 1.82) is 0 Å². The zero-order valence-electron chi connectivity index (χ0n) is 18.3. The van der Waals surface area contributed by atoms with Crippen LogP contribution in [0.25, 0.3) is 22.3 Å². The van der Waals surface area contributed by atoms with Gasteiger partial charge in [0, 0.05) is 18.2 Å². The third-order valence-electron chi connectivity index (χ3n) is 5.55. The molecule has 1 aliphatic heterocycles. The number of hydrogen-bond donors (Lipinski definition) is 6. The minimum Gasteiger partial charge on any atom is -0.507 e. The van der Waals surface area contributed by atoms with E-state index in [0.29, 0.717) is 10.9 Å². The molecule has 1 saturated heterocycles. The Labute approximate surface area is 193 Å². The van der Waals surface area contributed by atoms with Crippen LogP contribution in [0.2, 0.25) is 0 Å². The number of methoxy groups -OCH3 is 2. The van der Waals surface area contributed by atoms with Crippen LogP contribution < -0.4 is 14.2 Å². The van der Waals surface area contributed by atoms with Crippen LogP contribution in [0.1, 0.15) is 0 Å². The molecule has 5 atom stereocenters. The third-order valence-corrected chi connectivity index (χ3v) is 5.55. The quantitative estimate of drug-likeness (QED) is 0.280. The van der Waals surface area contributed by atoms with Crippen molar-refractivity contribution in [3.8, 4) is 40.1 Å². The molecular formula is C23H25O11+. The Morgan fingerprint density at radius 3 is 2.29 bits per heavy atom. The second-order valence-corrected chi connectivity index (χ2v) is 7.70. The van der Waals surface area contributed by atoms with Crippen LogP contribution in [0.4, 0.5) is 0 Å². The molecule has 1 aliphatic rings. The Morgan fingerprint density at radius 1 is 0.882 bits per heavy atom. The van der Waals surface area contributed by atoms with E-state index in [1.54, 1.807) is 0 Å². The summed E-state index contributed by atoms with van der Waals surface area (Å²) >= 11 is 0. The van der Waals surface area contributed by atoms with E-state index in [4.69, 9.17) is 23.4 Å². The van der Waals surface area contributed by atoms with Crippen molar-refractivity contribution in [2.75, 3.05) is 20.8 Å². The second-order valence-electron chi connectivity index (χ2n) is 7.70. The number of ether oxygens (including phenoxy) is 4. The van der Waals surface area contributed by atoms with Gasteiger partial charge in [-0.05, 0) is 12.1 Å². The molecule has 4 rings (SSSR count). The van der Waals surface area contributed by atoms with Gasteiger partial charge in [-0.3, -0.25) is 0 Å². The fourth-order valence-electron chi connectivity index (χ4n) is 3.74. The molecule has 0 amide bonds. The van der Waals surface area contributed by atoms with Crippen molar-refractivity contribution in [2.45, 2.75) is 30.7 Å². The molecule has 6 N–H and O–H groups in total. The summed E-state index contributed by atoms with van der Waals surface area (Å²) in [7, 11) is 2.79. The van der Waals surface area contributed by atoms with Crippen molar-refractivity contribution in [3.05, 3.63) is 36.4 Å². The molecule has 0 bridgehead atoms. The van der Waals surface area contributed by atoms with E-state index >= 15 is 0 Å². The first-order chi connectivity index (χ1) is 16.3. The lowest BCUT2D eigenvalue weighted by atomic mass is 9.99. The van der Waals surface area contributed by atoms with Crippen molar-refractivity contribution >= 4 is 11.0 Å². The van der Waals surface area contributed by atoms with Gasteiger partial charge in [0.05, 0.1) is 32.5 Å².